The van der Waals surface area contributed by atoms with Gasteiger partial charge in [0.15, 0.2) is 0 Å². The van der Waals surface area contributed by atoms with Gasteiger partial charge in [0.2, 0.25) is 0 Å². The molecule has 1 aliphatic carbocycles. The summed E-state index contributed by atoms with van der Waals surface area (Å²) in [5, 5.41) is 6.47. The number of benzene rings is 2. The Kier molecular flexibility index (Phi) is 4.01. The second kappa shape index (κ2) is 5.78. The SMILES string of the molecule is CC(NCC1(N(C)C)CCC1)c1cccc2ccccc12. The van der Waals surface area contributed by atoms with Crippen molar-refractivity contribution in [1.82, 2.24) is 10.2 Å². The van der Waals surface area contributed by atoms with Crippen molar-refractivity contribution >= 4 is 10.8 Å². The van der Waals surface area contributed by atoms with Crippen LogP contribution in [-0.4, -0.2) is 31.1 Å². The van der Waals surface area contributed by atoms with Crippen LogP contribution in [0, 0.1) is 0 Å². The smallest absolute Gasteiger partial charge is 0.0328 e. The van der Waals surface area contributed by atoms with Crippen LogP contribution in [-0.2, 0) is 0 Å². The predicted octanol–water partition coefficient (Wildman–Crippen LogP) is 3.97. The molecular weight excluding hydrogens is 256 g/mol. The molecule has 1 saturated carbocycles. The van der Waals surface area contributed by atoms with E-state index in [2.05, 4.69) is 73.7 Å². The molecule has 1 atom stereocenters. The molecule has 0 aromatic heterocycles. The van der Waals surface area contributed by atoms with Crippen molar-refractivity contribution in [2.45, 2.75) is 37.8 Å². The maximum absolute atomic E-state index is 3.77. The minimum absolute atomic E-state index is 0.374. The standard InChI is InChI=1S/C19H26N2/c1-15(20-14-19(21(2)3)12-7-13-19)17-11-6-9-16-8-4-5-10-18(16)17/h4-6,8-11,15,20H,7,12-14H2,1-3H3. The Labute approximate surface area is 128 Å². The zero-order chi connectivity index (χ0) is 14.9. The van der Waals surface area contributed by atoms with Crippen molar-refractivity contribution in [1.29, 1.82) is 0 Å². The molecule has 0 amide bonds. The summed E-state index contributed by atoms with van der Waals surface area (Å²) in [4.78, 5) is 2.40. The van der Waals surface area contributed by atoms with Gasteiger partial charge >= 0.3 is 0 Å². The van der Waals surface area contributed by atoms with Crippen LogP contribution >= 0.6 is 0 Å². The van der Waals surface area contributed by atoms with E-state index in [1.165, 1.54) is 35.6 Å². The highest BCUT2D eigenvalue weighted by molar-refractivity contribution is 5.86. The number of fused-ring (bicyclic) bond motifs is 1. The van der Waals surface area contributed by atoms with Crippen LogP contribution in [0.25, 0.3) is 10.8 Å². The van der Waals surface area contributed by atoms with Gasteiger partial charge in [0.25, 0.3) is 0 Å². The maximum Gasteiger partial charge on any atom is 0.0328 e. The van der Waals surface area contributed by atoms with Gasteiger partial charge in [0, 0.05) is 18.1 Å². The molecule has 2 nitrogen and oxygen atoms in total. The quantitative estimate of drug-likeness (QED) is 0.892. The highest BCUT2D eigenvalue weighted by atomic mass is 15.2. The lowest BCUT2D eigenvalue weighted by atomic mass is 9.75. The van der Waals surface area contributed by atoms with Crippen molar-refractivity contribution in [3.05, 3.63) is 48.0 Å². The Morgan fingerprint density at radius 1 is 1.10 bits per heavy atom. The Hall–Kier alpha value is -1.38. The molecule has 1 aliphatic rings. The van der Waals surface area contributed by atoms with E-state index in [0.717, 1.165) is 6.54 Å². The summed E-state index contributed by atoms with van der Waals surface area (Å²) in [5.74, 6) is 0. The summed E-state index contributed by atoms with van der Waals surface area (Å²) < 4.78 is 0. The number of likely N-dealkylation sites (N-methyl/N-ethyl adjacent to an activating group) is 1. The van der Waals surface area contributed by atoms with Crippen molar-refractivity contribution < 1.29 is 0 Å². The van der Waals surface area contributed by atoms with Gasteiger partial charge in [0.1, 0.15) is 0 Å². The van der Waals surface area contributed by atoms with E-state index in [4.69, 9.17) is 0 Å². The average Bonchev–Trinajstić information content (AvgIpc) is 2.45. The highest BCUT2D eigenvalue weighted by Gasteiger charge is 2.38. The van der Waals surface area contributed by atoms with Gasteiger partial charge in [-0.3, -0.25) is 0 Å². The van der Waals surface area contributed by atoms with Gasteiger partial charge in [-0.25, -0.2) is 0 Å². The fraction of sp³-hybridized carbons (Fsp3) is 0.474. The second-order valence-electron chi connectivity index (χ2n) is 6.64. The largest absolute Gasteiger partial charge is 0.308 e. The normalized spacial score (nSPS) is 18.7. The first-order valence-corrected chi connectivity index (χ1v) is 8.01. The van der Waals surface area contributed by atoms with Crippen LogP contribution in [0.2, 0.25) is 0 Å². The van der Waals surface area contributed by atoms with E-state index in [1.807, 2.05) is 0 Å². The maximum atomic E-state index is 3.77. The average molecular weight is 282 g/mol. The van der Waals surface area contributed by atoms with Crippen LogP contribution in [0.3, 0.4) is 0 Å². The zero-order valence-corrected chi connectivity index (χ0v) is 13.4. The molecule has 1 N–H and O–H groups in total. The van der Waals surface area contributed by atoms with Crippen LogP contribution in [0.1, 0.15) is 37.8 Å². The lowest BCUT2D eigenvalue weighted by molar-refractivity contribution is 0.0577. The third-order valence-corrected chi connectivity index (χ3v) is 5.26. The third kappa shape index (κ3) is 2.70. The number of rotatable bonds is 5. The van der Waals surface area contributed by atoms with Crippen LogP contribution in [0.4, 0.5) is 0 Å². The second-order valence-corrected chi connectivity index (χ2v) is 6.64. The van der Waals surface area contributed by atoms with Crippen molar-refractivity contribution in [2.75, 3.05) is 20.6 Å². The van der Waals surface area contributed by atoms with E-state index >= 15 is 0 Å². The summed E-state index contributed by atoms with van der Waals surface area (Å²) in [6, 6.07) is 15.7. The monoisotopic (exact) mass is 282 g/mol. The fourth-order valence-electron chi connectivity index (χ4n) is 3.45. The molecule has 0 aliphatic heterocycles. The summed E-state index contributed by atoms with van der Waals surface area (Å²) in [6.07, 6.45) is 3.99. The van der Waals surface area contributed by atoms with Gasteiger partial charge in [-0.05, 0) is 56.6 Å². The summed E-state index contributed by atoms with van der Waals surface area (Å²) in [6.45, 7) is 3.36. The first-order chi connectivity index (χ1) is 10.1. The minimum Gasteiger partial charge on any atom is -0.308 e. The number of nitrogens with one attached hydrogen (secondary N) is 1. The van der Waals surface area contributed by atoms with Crippen LogP contribution in [0.5, 0.6) is 0 Å². The van der Waals surface area contributed by atoms with Crippen molar-refractivity contribution in [2.24, 2.45) is 0 Å². The fourth-order valence-corrected chi connectivity index (χ4v) is 3.45. The molecule has 1 fully saturated rings. The molecular formula is C19H26N2. The van der Waals surface area contributed by atoms with Gasteiger partial charge < -0.3 is 10.2 Å². The highest BCUT2D eigenvalue weighted by Crippen LogP contribution is 2.36. The molecule has 2 heteroatoms. The Morgan fingerprint density at radius 3 is 2.48 bits per heavy atom. The summed E-state index contributed by atoms with van der Waals surface area (Å²) >= 11 is 0. The van der Waals surface area contributed by atoms with E-state index in [1.54, 1.807) is 0 Å². The third-order valence-electron chi connectivity index (χ3n) is 5.26. The Balaban J connectivity index is 1.77. The van der Waals surface area contributed by atoms with Gasteiger partial charge in [-0.15, -0.1) is 0 Å². The Morgan fingerprint density at radius 2 is 1.81 bits per heavy atom. The topological polar surface area (TPSA) is 15.3 Å². The van der Waals surface area contributed by atoms with Crippen LogP contribution in [0.15, 0.2) is 42.5 Å². The summed E-state index contributed by atoms with van der Waals surface area (Å²) in [5.41, 5.74) is 1.78. The molecule has 21 heavy (non-hydrogen) atoms. The van der Waals surface area contributed by atoms with Crippen molar-refractivity contribution in [3.63, 3.8) is 0 Å². The van der Waals surface area contributed by atoms with E-state index in [-0.39, 0.29) is 0 Å². The molecule has 112 valence electrons. The number of hydrogen-bond donors (Lipinski definition) is 1. The molecule has 3 rings (SSSR count). The molecule has 1 unspecified atom stereocenters. The number of nitrogens with zero attached hydrogens (tertiary/aromatic N) is 1. The summed E-state index contributed by atoms with van der Waals surface area (Å²) in [7, 11) is 4.42. The molecule has 2 aromatic rings. The Bertz CT molecular complexity index is 608. The van der Waals surface area contributed by atoms with E-state index in [9.17, 15) is 0 Å². The molecule has 2 aromatic carbocycles. The first-order valence-electron chi connectivity index (χ1n) is 8.01. The molecule has 0 radical (unpaired) electrons. The molecule has 0 saturated heterocycles. The minimum atomic E-state index is 0.374. The number of hydrogen-bond acceptors (Lipinski definition) is 2. The first kappa shape index (κ1) is 14.6. The van der Waals surface area contributed by atoms with Crippen LogP contribution < -0.4 is 5.32 Å². The van der Waals surface area contributed by atoms with Gasteiger partial charge in [-0.1, -0.05) is 42.5 Å². The molecule has 0 bridgehead atoms. The lowest BCUT2D eigenvalue weighted by Gasteiger charge is -2.48. The lowest BCUT2D eigenvalue weighted by Crippen LogP contribution is -2.56. The van der Waals surface area contributed by atoms with E-state index < -0.39 is 0 Å². The zero-order valence-electron chi connectivity index (χ0n) is 13.4. The predicted molar refractivity (Wildman–Crippen MR) is 90.6 cm³/mol. The molecule has 0 spiro atoms. The van der Waals surface area contributed by atoms with Crippen molar-refractivity contribution in [3.8, 4) is 0 Å². The van der Waals surface area contributed by atoms with Gasteiger partial charge in [-0.2, -0.15) is 0 Å². The molecule has 0 heterocycles. The van der Waals surface area contributed by atoms with Gasteiger partial charge in [0.05, 0.1) is 0 Å². The van der Waals surface area contributed by atoms with E-state index in [0.29, 0.717) is 11.6 Å².